The van der Waals surface area contributed by atoms with Crippen molar-refractivity contribution in [3.8, 4) is 0 Å². The van der Waals surface area contributed by atoms with Gasteiger partial charge in [0.25, 0.3) is 5.91 Å². The van der Waals surface area contributed by atoms with Crippen molar-refractivity contribution in [3.63, 3.8) is 0 Å². The van der Waals surface area contributed by atoms with Crippen LogP contribution in [0.5, 0.6) is 0 Å². The summed E-state index contributed by atoms with van der Waals surface area (Å²) in [5.74, 6) is -0.987. The third kappa shape index (κ3) is 4.67. The van der Waals surface area contributed by atoms with Crippen molar-refractivity contribution in [2.45, 2.75) is 25.2 Å². The van der Waals surface area contributed by atoms with Crippen molar-refractivity contribution in [2.24, 2.45) is 0 Å². The summed E-state index contributed by atoms with van der Waals surface area (Å²) in [5.41, 5.74) is 0.500. The molecule has 0 fully saturated rings. The minimum Gasteiger partial charge on any atom is -0.462 e. The molecule has 0 aliphatic carbocycles. The van der Waals surface area contributed by atoms with Crippen LogP contribution in [0.3, 0.4) is 0 Å². The van der Waals surface area contributed by atoms with Gasteiger partial charge in [0.15, 0.2) is 9.84 Å². The Morgan fingerprint density at radius 2 is 1.92 bits per heavy atom. The first kappa shape index (κ1) is 19.1. The van der Waals surface area contributed by atoms with Gasteiger partial charge in [0, 0.05) is 16.7 Å². The van der Waals surface area contributed by atoms with Crippen molar-refractivity contribution in [2.75, 3.05) is 18.2 Å². The molecule has 6 nitrogen and oxygen atoms in total. The zero-order chi connectivity index (χ0) is 18.6. The fraction of sp³-hybridized carbons (Fsp3) is 0.294. The van der Waals surface area contributed by atoms with E-state index in [0.717, 1.165) is 17.6 Å². The second kappa shape index (κ2) is 7.79. The van der Waals surface area contributed by atoms with Gasteiger partial charge < -0.3 is 10.1 Å². The van der Waals surface area contributed by atoms with E-state index >= 15 is 0 Å². The van der Waals surface area contributed by atoms with Gasteiger partial charge in [-0.1, -0.05) is 13.0 Å². The van der Waals surface area contributed by atoms with E-state index in [9.17, 15) is 18.0 Å². The fourth-order valence-corrected chi connectivity index (χ4v) is 3.76. The van der Waals surface area contributed by atoms with Gasteiger partial charge in [-0.25, -0.2) is 13.2 Å². The average Bonchev–Trinajstić information content (AvgIpc) is 2.97. The van der Waals surface area contributed by atoms with E-state index in [1.165, 1.54) is 35.6 Å². The summed E-state index contributed by atoms with van der Waals surface area (Å²) < 4.78 is 28.3. The van der Waals surface area contributed by atoms with Crippen LogP contribution in [0.1, 0.15) is 39.4 Å². The minimum atomic E-state index is -3.41. The number of carbonyl (C=O) groups excluding carboxylic acids is 2. The van der Waals surface area contributed by atoms with Crippen LogP contribution < -0.4 is 5.32 Å². The average molecular weight is 381 g/mol. The predicted octanol–water partition coefficient (Wildman–Crippen LogP) is 3.14. The van der Waals surface area contributed by atoms with Crippen LogP contribution in [0.25, 0.3) is 0 Å². The molecule has 0 aliphatic heterocycles. The van der Waals surface area contributed by atoms with Crippen LogP contribution in [0, 0.1) is 0 Å². The number of nitrogens with one attached hydrogen (secondary N) is 1. The van der Waals surface area contributed by atoms with Crippen molar-refractivity contribution in [1.82, 2.24) is 0 Å². The maximum Gasteiger partial charge on any atom is 0.341 e. The molecule has 1 N–H and O–H groups in total. The summed E-state index contributed by atoms with van der Waals surface area (Å²) in [6.45, 7) is 3.89. The van der Waals surface area contributed by atoms with E-state index in [-0.39, 0.29) is 17.1 Å². The van der Waals surface area contributed by atoms with Gasteiger partial charge in [-0.2, -0.15) is 0 Å². The summed E-state index contributed by atoms with van der Waals surface area (Å²) >= 11 is 1.30. The Kier molecular flexibility index (Phi) is 5.97. The molecule has 0 radical (unpaired) electrons. The molecule has 25 heavy (non-hydrogen) atoms. The molecule has 1 aromatic heterocycles. The van der Waals surface area contributed by atoms with E-state index in [1.807, 2.05) is 6.92 Å². The van der Waals surface area contributed by atoms with Crippen molar-refractivity contribution < 1.29 is 22.7 Å². The Hall–Kier alpha value is -2.19. The third-order valence-corrected chi connectivity index (χ3v) is 5.68. The lowest BCUT2D eigenvalue weighted by Gasteiger charge is -2.07. The molecule has 0 unspecified atom stereocenters. The smallest absolute Gasteiger partial charge is 0.341 e. The zero-order valence-corrected chi connectivity index (χ0v) is 15.8. The topological polar surface area (TPSA) is 89.5 Å². The first-order valence-electron chi connectivity index (χ1n) is 7.67. The molecule has 0 spiro atoms. The van der Waals surface area contributed by atoms with Crippen LogP contribution in [-0.2, 0) is 21.0 Å². The lowest BCUT2D eigenvalue weighted by Crippen LogP contribution is -2.14. The highest BCUT2D eigenvalue weighted by molar-refractivity contribution is 7.90. The molecule has 134 valence electrons. The number of amides is 1. The van der Waals surface area contributed by atoms with E-state index in [2.05, 4.69) is 5.32 Å². The summed E-state index contributed by atoms with van der Waals surface area (Å²) in [4.78, 5) is 25.5. The van der Waals surface area contributed by atoms with Crippen molar-refractivity contribution >= 4 is 38.1 Å². The van der Waals surface area contributed by atoms with Gasteiger partial charge in [0.05, 0.1) is 17.1 Å². The number of benzene rings is 1. The molecule has 1 aromatic carbocycles. The molecule has 0 saturated carbocycles. The van der Waals surface area contributed by atoms with E-state index in [4.69, 9.17) is 4.74 Å². The Labute approximate surface area is 150 Å². The molecule has 2 rings (SSSR count). The molecule has 0 saturated heterocycles. The quantitative estimate of drug-likeness (QED) is 0.777. The maximum atomic E-state index is 12.5. The highest BCUT2D eigenvalue weighted by Gasteiger charge is 2.20. The fourth-order valence-electron chi connectivity index (χ4n) is 2.11. The number of rotatable bonds is 6. The third-order valence-electron chi connectivity index (χ3n) is 3.38. The lowest BCUT2D eigenvalue weighted by atomic mass is 10.2. The molecule has 8 heteroatoms. The molecule has 2 aromatic rings. The van der Waals surface area contributed by atoms with Gasteiger partial charge in [0.1, 0.15) is 5.00 Å². The zero-order valence-electron chi connectivity index (χ0n) is 14.2. The number of carbonyl (C=O) groups is 2. The van der Waals surface area contributed by atoms with Gasteiger partial charge in [-0.15, -0.1) is 11.3 Å². The second-order valence-corrected chi connectivity index (χ2v) is 8.44. The molecule has 1 heterocycles. The highest BCUT2D eigenvalue weighted by Crippen LogP contribution is 2.30. The number of hydrogen-bond donors (Lipinski definition) is 1. The van der Waals surface area contributed by atoms with E-state index in [1.54, 1.807) is 13.0 Å². The maximum absolute atomic E-state index is 12.5. The molecule has 0 atom stereocenters. The number of aryl methyl sites for hydroxylation is 1. The molecule has 1 amide bonds. The molecule has 0 bridgehead atoms. The summed E-state index contributed by atoms with van der Waals surface area (Å²) in [7, 11) is -3.41. The van der Waals surface area contributed by atoms with E-state index < -0.39 is 21.7 Å². The SMILES string of the molecule is CCOC(=O)c1cc(CC)sc1NC(=O)c1cccc(S(C)(=O)=O)c1. The standard InChI is InChI=1S/C17H19NO5S2/c1-4-12-10-14(17(20)23-5-2)16(24-12)18-15(19)11-7-6-8-13(9-11)25(3,21)22/h6-10H,4-5H2,1-3H3,(H,18,19). The van der Waals surface area contributed by atoms with E-state index in [0.29, 0.717) is 10.6 Å². The lowest BCUT2D eigenvalue weighted by molar-refractivity contribution is 0.0528. The number of ether oxygens (including phenoxy) is 1. The summed E-state index contributed by atoms with van der Waals surface area (Å²) in [6.07, 6.45) is 1.80. The predicted molar refractivity (Wildman–Crippen MR) is 97.2 cm³/mol. The van der Waals surface area contributed by atoms with Gasteiger partial charge in [-0.05, 0) is 37.6 Å². The Bertz CT molecular complexity index is 900. The van der Waals surface area contributed by atoms with Gasteiger partial charge in [-0.3, -0.25) is 4.79 Å². The Morgan fingerprint density at radius 3 is 2.52 bits per heavy atom. The van der Waals surface area contributed by atoms with Crippen molar-refractivity contribution in [3.05, 3.63) is 46.3 Å². The van der Waals surface area contributed by atoms with Crippen LogP contribution in [-0.4, -0.2) is 33.2 Å². The highest BCUT2D eigenvalue weighted by atomic mass is 32.2. The van der Waals surface area contributed by atoms with Gasteiger partial charge in [0.2, 0.25) is 0 Å². The summed E-state index contributed by atoms with van der Waals surface area (Å²) in [5, 5.41) is 3.08. The monoisotopic (exact) mass is 381 g/mol. The molecular formula is C17H19NO5S2. The van der Waals surface area contributed by atoms with Crippen molar-refractivity contribution in [1.29, 1.82) is 0 Å². The van der Waals surface area contributed by atoms with Gasteiger partial charge >= 0.3 is 5.97 Å². The number of thiophene rings is 1. The van der Waals surface area contributed by atoms with Crippen LogP contribution in [0.2, 0.25) is 0 Å². The van der Waals surface area contributed by atoms with Crippen LogP contribution >= 0.6 is 11.3 Å². The second-order valence-electron chi connectivity index (χ2n) is 5.28. The Balaban J connectivity index is 2.32. The number of esters is 1. The molecular weight excluding hydrogens is 362 g/mol. The normalized spacial score (nSPS) is 11.2. The largest absolute Gasteiger partial charge is 0.462 e. The number of hydrogen-bond acceptors (Lipinski definition) is 6. The molecule has 0 aliphatic rings. The van der Waals surface area contributed by atoms with Crippen LogP contribution in [0.15, 0.2) is 35.2 Å². The minimum absolute atomic E-state index is 0.0613. The first-order chi connectivity index (χ1) is 11.8. The summed E-state index contributed by atoms with van der Waals surface area (Å²) in [6, 6.07) is 7.45. The first-order valence-corrected chi connectivity index (χ1v) is 10.4. The number of sulfone groups is 1. The Morgan fingerprint density at radius 1 is 1.20 bits per heavy atom. The van der Waals surface area contributed by atoms with Crippen LogP contribution in [0.4, 0.5) is 5.00 Å². The number of anilines is 1.